The quantitative estimate of drug-likeness (QED) is 0.805. The van der Waals surface area contributed by atoms with Gasteiger partial charge in [0.2, 0.25) is 0 Å². The molecular weight excluding hydrogens is 262 g/mol. The van der Waals surface area contributed by atoms with E-state index >= 15 is 0 Å². The Bertz CT molecular complexity index is 528. The van der Waals surface area contributed by atoms with E-state index in [4.69, 9.17) is 9.47 Å². The van der Waals surface area contributed by atoms with Gasteiger partial charge in [0.15, 0.2) is 11.5 Å². The van der Waals surface area contributed by atoms with Crippen molar-refractivity contribution in [1.82, 2.24) is 5.32 Å². The second-order valence-electron chi connectivity index (χ2n) is 5.19. The summed E-state index contributed by atoms with van der Waals surface area (Å²) in [6.45, 7) is 4.32. The lowest BCUT2D eigenvalue weighted by Gasteiger charge is -2.15. The van der Waals surface area contributed by atoms with E-state index in [1.807, 2.05) is 49.5 Å². The van der Waals surface area contributed by atoms with Crippen LogP contribution < -0.4 is 14.8 Å². The molecule has 0 aliphatic heterocycles. The molecule has 0 amide bonds. The standard InChI is InChI=1S/C18H23NO2/c1-15(12-19-2)13-20-17-10-6-7-11-18(17)21-14-16-8-4-3-5-9-16/h3-11,15,19H,12-14H2,1-2H3/t15-/m1/s1. The predicted molar refractivity (Wildman–Crippen MR) is 85.8 cm³/mol. The van der Waals surface area contributed by atoms with Gasteiger partial charge < -0.3 is 14.8 Å². The molecule has 21 heavy (non-hydrogen) atoms. The van der Waals surface area contributed by atoms with Crippen LogP contribution in [0.5, 0.6) is 11.5 Å². The highest BCUT2D eigenvalue weighted by atomic mass is 16.5. The summed E-state index contributed by atoms with van der Waals surface area (Å²) >= 11 is 0. The summed E-state index contributed by atoms with van der Waals surface area (Å²) in [6.07, 6.45) is 0. The van der Waals surface area contributed by atoms with Crippen LogP contribution in [0, 0.1) is 5.92 Å². The first-order valence-corrected chi connectivity index (χ1v) is 7.32. The van der Waals surface area contributed by atoms with Gasteiger partial charge in [-0.2, -0.15) is 0 Å². The van der Waals surface area contributed by atoms with Crippen molar-refractivity contribution in [3.63, 3.8) is 0 Å². The molecule has 0 saturated heterocycles. The molecule has 2 rings (SSSR count). The van der Waals surface area contributed by atoms with Crippen LogP contribution in [0.25, 0.3) is 0 Å². The van der Waals surface area contributed by atoms with Crippen LogP contribution in [0.3, 0.4) is 0 Å². The summed E-state index contributed by atoms with van der Waals surface area (Å²) in [4.78, 5) is 0. The van der Waals surface area contributed by atoms with Crippen LogP contribution in [0.1, 0.15) is 12.5 Å². The SMILES string of the molecule is CNC[C@@H](C)COc1ccccc1OCc1ccccc1. The Hall–Kier alpha value is -2.00. The summed E-state index contributed by atoms with van der Waals surface area (Å²) in [5.74, 6) is 2.05. The van der Waals surface area contributed by atoms with Crippen molar-refractivity contribution in [3.05, 3.63) is 60.2 Å². The van der Waals surface area contributed by atoms with Crippen molar-refractivity contribution in [2.24, 2.45) is 5.92 Å². The van der Waals surface area contributed by atoms with E-state index in [9.17, 15) is 0 Å². The minimum Gasteiger partial charge on any atom is -0.489 e. The molecule has 0 aliphatic carbocycles. The van der Waals surface area contributed by atoms with Gasteiger partial charge in [-0.1, -0.05) is 49.4 Å². The molecule has 0 saturated carbocycles. The summed E-state index contributed by atoms with van der Waals surface area (Å²) in [5.41, 5.74) is 1.15. The number of para-hydroxylation sites is 2. The second kappa shape index (κ2) is 8.32. The summed E-state index contributed by atoms with van der Waals surface area (Å²) in [7, 11) is 1.95. The molecule has 0 radical (unpaired) electrons. The molecule has 1 N–H and O–H groups in total. The third-order valence-corrected chi connectivity index (χ3v) is 3.16. The maximum Gasteiger partial charge on any atom is 0.161 e. The Morgan fingerprint density at radius 1 is 0.905 bits per heavy atom. The zero-order valence-electron chi connectivity index (χ0n) is 12.7. The minimum atomic E-state index is 0.456. The zero-order chi connectivity index (χ0) is 14.9. The lowest BCUT2D eigenvalue weighted by molar-refractivity contribution is 0.232. The lowest BCUT2D eigenvalue weighted by Crippen LogP contribution is -2.21. The van der Waals surface area contributed by atoms with Crippen LogP contribution in [0.4, 0.5) is 0 Å². The highest BCUT2D eigenvalue weighted by molar-refractivity contribution is 5.39. The highest BCUT2D eigenvalue weighted by Gasteiger charge is 2.07. The van der Waals surface area contributed by atoms with Gasteiger partial charge in [-0.25, -0.2) is 0 Å². The van der Waals surface area contributed by atoms with Crippen LogP contribution >= 0.6 is 0 Å². The molecule has 0 spiro atoms. The fraction of sp³-hybridized carbons (Fsp3) is 0.333. The number of nitrogens with one attached hydrogen (secondary N) is 1. The van der Waals surface area contributed by atoms with E-state index < -0.39 is 0 Å². The number of hydrogen-bond acceptors (Lipinski definition) is 3. The van der Waals surface area contributed by atoms with Crippen LogP contribution in [-0.2, 0) is 6.61 Å². The summed E-state index contributed by atoms with van der Waals surface area (Å²) < 4.78 is 11.7. The third-order valence-electron chi connectivity index (χ3n) is 3.16. The molecule has 112 valence electrons. The monoisotopic (exact) mass is 285 g/mol. The molecule has 3 nitrogen and oxygen atoms in total. The van der Waals surface area contributed by atoms with Gasteiger partial charge in [-0.3, -0.25) is 0 Å². The van der Waals surface area contributed by atoms with Gasteiger partial charge in [0, 0.05) is 12.5 Å². The van der Waals surface area contributed by atoms with Gasteiger partial charge in [-0.15, -0.1) is 0 Å². The normalized spacial score (nSPS) is 11.9. The third kappa shape index (κ3) is 5.12. The van der Waals surface area contributed by atoms with Crippen molar-refractivity contribution in [3.8, 4) is 11.5 Å². The fourth-order valence-corrected chi connectivity index (χ4v) is 2.06. The fourth-order valence-electron chi connectivity index (χ4n) is 2.06. The summed E-state index contributed by atoms with van der Waals surface area (Å²) in [5, 5.41) is 3.15. The molecule has 0 fully saturated rings. The molecule has 0 heterocycles. The lowest BCUT2D eigenvalue weighted by atomic mass is 10.2. The average Bonchev–Trinajstić information content (AvgIpc) is 2.53. The Morgan fingerprint density at radius 3 is 2.19 bits per heavy atom. The van der Waals surface area contributed by atoms with E-state index in [1.165, 1.54) is 0 Å². The molecule has 0 aliphatic rings. The van der Waals surface area contributed by atoms with Crippen molar-refractivity contribution >= 4 is 0 Å². The van der Waals surface area contributed by atoms with Gasteiger partial charge >= 0.3 is 0 Å². The van der Waals surface area contributed by atoms with E-state index in [0.29, 0.717) is 19.1 Å². The summed E-state index contributed by atoms with van der Waals surface area (Å²) in [6, 6.07) is 18.0. The van der Waals surface area contributed by atoms with Crippen molar-refractivity contribution in [1.29, 1.82) is 0 Å². The molecule has 2 aromatic rings. The number of rotatable bonds is 8. The smallest absolute Gasteiger partial charge is 0.161 e. The van der Waals surface area contributed by atoms with E-state index in [-0.39, 0.29) is 0 Å². The van der Waals surface area contributed by atoms with Gasteiger partial charge in [0.1, 0.15) is 6.61 Å². The van der Waals surface area contributed by atoms with Crippen LogP contribution in [0.2, 0.25) is 0 Å². The number of benzene rings is 2. The van der Waals surface area contributed by atoms with Gasteiger partial charge in [0.25, 0.3) is 0 Å². The predicted octanol–water partition coefficient (Wildman–Crippen LogP) is 3.50. The van der Waals surface area contributed by atoms with Crippen molar-refractivity contribution in [2.75, 3.05) is 20.2 Å². The zero-order valence-corrected chi connectivity index (χ0v) is 12.7. The Kier molecular flexibility index (Phi) is 6.10. The minimum absolute atomic E-state index is 0.456. The second-order valence-corrected chi connectivity index (χ2v) is 5.19. The maximum atomic E-state index is 5.87. The molecule has 1 atom stereocenters. The maximum absolute atomic E-state index is 5.87. The van der Waals surface area contributed by atoms with Crippen LogP contribution in [0.15, 0.2) is 54.6 Å². The average molecular weight is 285 g/mol. The van der Waals surface area contributed by atoms with Crippen molar-refractivity contribution < 1.29 is 9.47 Å². The number of hydrogen-bond donors (Lipinski definition) is 1. The molecule has 2 aromatic carbocycles. The molecule has 3 heteroatoms. The van der Waals surface area contributed by atoms with E-state index in [2.05, 4.69) is 24.4 Å². The first-order valence-electron chi connectivity index (χ1n) is 7.32. The molecule has 0 bridgehead atoms. The first-order chi connectivity index (χ1) is 10.3. The van der Waals surface area contributed by atoms with E-state index in [1.54, 1.807) is 0 Å². The Labute approximate surface area is 126 Å². The topological polar surface area (TPSA) is 30.5 Å². The van der Waals surface area contributed by atoms with Crippen molar-refractivity contribution in [2.45, 2.75) is 13.5 Å². The molecular formula is C18H23NO2. The largest absolute Gasteiger partial charge is 0.489 e. The number of ether oxygens (including phenoxy) is 2. The van der Waals surface area contributed by atoms with E-state index in [0.717, 1.165) is 23.6 Å². The molecule has 0 aromatic heterocycles. The van der Waals surface area contributed by atoms with Gasteiger partial charge in [0.05, 0.1) is 6.61 Å². The highest BCUT2D eigenvalue weighted by Crippen LogP contribution is 2.27. The first kappa shape index (κ1) is 15.4. The molecule has 0 unspecified atom stereocenters. The Morgan fingerprint density at radius 2 is 1.52 bits per heavy atom. The Balaban J connectivity index is 1.93. The van der Waals surface area contributed by atoms with Gasteiger partial charge in [-0.05, 0) is 24.7 Å². The van der Waals surface area contributed by atoms with Crippen LogP contribution in [-0.4, -0.2) is 20.2 Å².